The molecule has 114 valence electrons. The number of halogens is 4. The predicted octanol–water partition coefficient (Wildman–Crippen LogP) is 3.81. The van der Waals surface area contributed by atoms with Crippen molar-refractivity contribution in [2.45, 2.75) is 25.8 Å². The van der Waals surface area contributed by atoms with Crippen LogP contribution in [0.15, 0.2) is 12.1 Å². The van der Waals surface area contributed by atoms with Crippen LogP contribution < -0.4 is 5.73 Å². The van der Waals surface area contributed by atoms with Crippen molar-refractivity contribution in [1.29, 1.82) is 0 Å². The van der Waals surface area contributed by atoms with Gasteiger partial charge >= 0.3 is 0 Å². The van der Waals surface area contributed by atoms with Gasteiger partial charge in [0.25, 0.3) is 0 Å². The van der Waals surface area contributed by atoms with E-state index in [1.54, 1.807) is 11.7 Å². The maximum Gasteiger partial charge on any atom is 0.142 e. The van der Waals surface area contributed by atoms with Crippen LogP contribution in [0.3, 0.4) is 0 Å². The van der Waals surface area contributed by atoms with Gasteiger partial charge < -0.3 is 5.73 Å². The molecular weight excluding hydrogens is 319 g/mol. The van der Waals surface area contributed by atoms with E-state index in [2.05, 4.69) is 5.10 Å². The van der Waals surface area contributed by atoms with Crippen LogP contribution in [0.5, 0.6) is 0 Å². The lowest BCUT2D eigenvalue weighted by Gasteiger charge is -2.14. The first-order valence-electron chi connectivity index (χ1n) is 6.45. The molecule has 3 nitrogen and oxygen atoms in total. The van der Waals surface area contributed by atoms with Crippen molar-refractivity contribution in [3.05, 3.63) is 50.8 Å². The minimum Gasteiger partial charge on any atom is -0.324 e. The Labute approximate surface area is 131 Å². The van der Waals surface area contributed by atoms with Crippen molar-refractivity contribution < 1.29 is 8.78 Å². The van der Waals surface area contributed by atoms with E-state index < -0.39 is 17.7 Å². The lowest BCUT2D eigenvalue weighted by molar-refractivity contribution is 0.553. The first-order valence-corrected chi connectivity index (χ1v) is 7.21. The molecule has 0 aliphatic carbocycles. The summed E-state index contributed by atoms with van der Waals surface area (Å²) in [6.07, 6.45) is 0.937. The second-order valence-corrected chi connectivity index (χ2v) is 5.57. The van der Waals surface area contributed by atoms with Crippen molar-refractivity contribution in [3.8, 4) is 0 Å². The number of aromatic nitrogens is 2. The third-order valence-electron chi connectivity index (χ3n) is 3.36. The van der Waals surface area contributed by atoms with Crippen molar-refractivity contribution in [1.82, 2.24) is 9.78 Å². The summed E-state index contributed by atoms with van der Waals surface area (Å²) in [5.74, 6) is -1.34. The summed E-state index contributed by atoms with van der Waals surface area (Å²) in [6, 6.07) is 1.20. The van der Waals surface area contributed by atoms with Crippen LogP contribution in [0.1, 0.15) is 29.9 Å². The fourth-order valence-corrected chi connectivity index (χ4v) is 2.70. The second-order valence-electron chi connectivity index (χ2n) is 4.78. The molecule has 0 fully saturated rings. The smallest absolute Gasteiger partial charge is 0.142 e. The predicted molar refractivity (Wildman–Crippen MR) is 79.6 cm³/mol. The first kappa shape index (κ1) is 16.2. The van der Waals surface area contributed by atoms with Gasteiger partial charge in [0, 0.05) is 25.1 Å². The van der Waals surface area contributed by atoms with Gasteiger partial charge in [0.15, 0.2) is 0 Å². The number of nitrogens with two attached hydrogens (primary N) is 1. The molecule has 7 heteroatoms. The molecule has 1 unspecified atom stereocenters. The van der Waals surface area contributed by atoms with Crippen LogP contribution in [0, 0.1) is 11.6 Å². The third kappa shape index (κ3) is 3.20. The molecule has 0 saturated carbocycles. The summed E-state index contributed by atoms with van der Waals surface area (Å²) in [6.45, 7) is 1.94. The third-order valence-corrected chi connectivity index (χ3v) is 4.08. The van der Waals surface area contributed by atoms with E-state index >= 15 is 0 Å². The summed E-state index contributed by atoms with van der Waals surface area (Å²) in [7, 11) is 1.74. The van der Waals surface area contributed by atoms with Crippen LogP contribution in [-0.2, 0) is 19.9 Å². The van der Waals surface area contributed by atoms with E-state index in [1.165, 1.54) is 0 Å². The summed E-state index contributed by atoms with van der Waals surface area (Å²) in [5, 5.41) is 4.52. The molecule has 0 saturated heterocycles. The molecule has 0 spiro atoms. The largest absolute Gasteiger partial charge is 0.324 e. The van der Waals surface area contributed by atoms with Crippen LogP contribution >= 0.6 is 23.2 Å². The van der Waals surface area contributed by atoms with E-state index in [1.807, 2.05) is 6.92 Å². The van der Waals surface area contributed by atoms with E-state index in [0.717, 1.165) is 17.8 Å². The number of aryl methyl sites for hydroxylation is 2. The average Bonchev–Trinajstić information content (AvgIpc) is 2.70. The molecule has 21 heavy (non-hydrogen) atoms. The van der Waals surface area contributed by atoms with Gasteiger partial charge in [-0.2, -0.15) is 5.10 Å². The summed E-state index contributed by atoms with van der Waals surface area (Å²) >= 11 is 11.8. The molecule has 1 atom stereocenters. The number of benzene rings is 1. The standard InChI is InChI=1S/C14H15Cl2F2N3/c1-3-12-14(16)13(21(2)20-12)6-11(19)7-4-10(18)8(15)5-9(7)17/h4-5,11H,3,6,19H2,1-2H3. The zero-order valence-electron chi connectivity index (χ0n) is 11.6. The van der Waals surface area contributed by atoms with Gasteiger partial charge in [-0.05, 0) is 18.6 Å². The van der Waals surface area contributed by atoms with Gasteiger partial charge in [-0.15, -0.1) is 0 Å². The van der Waals surface area contributed by atoms with E-state index in [9.17, 15) is 8.78 Å². The summed E-state index contributed by atoms with van der Waals surface area (Å²) in [5.41, 5.74) is 7.49. The van der Waals surface area contributed by atoms with Gasteiger partial charge in [-0.1, -0.05) is 30.1 Å². The molecule has 1 aromatic carbocycles. The molecule has 0 amide bonds. The van der Waals surface area contributed by atoms with Gasteiger partial charge in [-0.3, -0.25) is 4.68 Å². The minimum absolute atomic E-state index is 0.0622. The van der Waals surface area contributed by atoms with Crippen molar-refractivity contribution in [2.24, 2.45) is 12.8 Å². The van der Waals surface area contributed by atoms with E-state index in [0.29, 0.717) is 17.1 Å². The highest BCUT2D eigenvalue weighted by Gasteiger charge is 2.20. The van der Waals surface area contributed by atoms with Crippen molar-refractivity contribution in [3.63, 3.8) is 0 Å². The number of rotatable bonds is 4. The molecule has 0 radical (unpaired) electrons. The van der Waals surface area contributed by atoms with Crippen LogP contribution in [0.25, 0.3) is 0 Å². The highest BCUT2D eigenvalue weighted by atomic mass is 35.5. The van der Waals surface area contributed by atoms with Gasteiger partial charge in [-0.25, -0.2) is 8.78 Å². The lowest BCUT2D eigenvalue weighted by atomic mass is 10.0. The normalized spacial score (nSPS) is 12.7. The fraction of sp³-hybridized carbons (Fsp3) is 0.357. The molecule has 1 aromatic heterocycles. The Balaban J connectivity index is 2.32. The zero-order valence-corrected chi connectivity index (χ0v) is 13.1. The Morgan fingerprint density at radius 1 is 1.29 bits per heavy atom. The Morgan fingerprint density at radius 3 is 2.52 bits per heavy atom. The number of hydrogen-bond acceptors (Lipinski definition) is 2. The molecule has 2 aromatic rings. The molecule has 0 bridgehead atoms. The molecule has 2 N–H and O–H groups in total. The maximum absolute atomic E-state index is 13.9. The molecule has 2 rings (SSSR count). The first-order chi connectivity index (χ1) is 9.85. The molecule has 0 aliphatic rings. The van der Waals surface area contributed by atoms with Crippen LogP contribution in [0.2, 0.25) is 10.0 Å². The Morgan fingerprint density at radius 2 is 1.95 bits per heavy atom. The molecule has 0 aliphatic heterocycles. The Kier molecular flexibility index (Phi) is 4.86. The summed E-state index contributed by atoms with van der Waals surface area (Å²) in [4.78, 5) is 0. The number of hydrogen-bond donors (Lipinski definition) is 1. The Hall–Kier alpha value is -1.17. The van der Waals surface area contributed by atoms with Gasteiger partial charge in [0.05, 0.1) is 21.4 Å². The highest BCUT2D eigenvalue weighted by Crippen LogP contribution is 2.28. The quantitative estimate of drug-likeness (QED) is 0.864. The van der Waals surface area contributed by atoms with Crippen LogP contribution in [0.4, 0.5) is 8.78 Å². The topological polar surface area (TPSA) is 43.8 Å². The molecular formula is C14H15Cl2F2N3. The zero-order chi connectivity index (χ0) is 15.7. The van der Waals surface area contributed by atoms with Crippen molar-refractivity contribution >= 4 is 23.2 Å². The number of nitrogens with zero attached hydrogens (tertiary/aromatic N) is 2. The fourth-order valence-electron chi connectivity index (χ4n) is 2.18. The highest BCUT2D eigenvalue weighted by molar-refractivity contribution is 6.32. The van der Waals surface area contributed by atoms with Gasteiger partial charge in [0.2, 0.25) is 0 Å². The van der Waals surface area contributed by atoms with E-state index in [-0.39, 0.29) is 17.0 Å². The lowest BCUT2D eigenvalue weighted by Crippen LogP contribution is -2.17. The monoisotopic (exact) mass is 333 g/mol. The Bertz CT molecular complexity index is 671. The maximum atomic E-state index is 13.9. The average molecular weight is 334 g/mol. The van der Waals surface area contributed by atoms with Gasteiger partial charge in [0.1, 0.15) is 11.6 Å². The minimum atomic E-state index is -0.741. The second kappa shape index (κ2) is 6.30. The molecule has 1 heterocycles. The van der Waals surface area contributed by atoms with E-state index in [4.69, 9.17) is 28.9 Å². The van der Waals surface area contributed by atoms with Crippen LogP contribution in [-0.4, -0.2) is 9.78 Å². The summed E-state index contributed by atoms with van der Waals surface area (Å²) < 4.78 is 29.0. The van der Waals surface area contributed by atoms with Crippen molar-refractivity contribution in [2.75, 3.05) is 0 Å². The SMILES string of the molecule is CCc1nn(C)c(CC(N)c2cc(F)c(Cl)cc2F)c1Cl.